The Balaban J connectivity index is 2.46. The second-order valence-corrected chi connectivity index (χ2v) is 6.57. The van der Waals surface area contributed by atoms with E-state index in [1.54, 1.807) is 14.0 Å². The van der Waals surface area contributed by atoms with E-state index in [1.807, 2.05) is 0 Å². The molecule has 0 aliphatic heterocycles. The summed E-state index contributed by atoms with van der Waals surface area (Å²) in [5.74, 6) is 0.686. The van der Waals surface area contributed by atoms with E-state index < -0.39 is 10.0 Å². The first kappa shape index (κ1) is 16.4. The van der Waals surface area contributed by atoms with Crippen molar-refractivity contribution in [2.45, 2.75) is 11.8 Å². The van der Waals surface area contributed by atoms with Gasteiger partial charge in [-0.05, 0) is 13.0 Å². The van der Waals surface area contributed by atoms with Crippen LogP contribution in [0.2, 0.25) is 5.02 Å². The largest absolute Gasteiger partial charge is 0.495 e. The van der Waals surface area contributed by atoms with Crippen molar-refractivity contribution in [3.8, 4) is 11.5 Å². The van der Waals surface area contributed by atoms with Crippen molar-refractivity contribution < 1.29 is 17.9 Å². The Morgan fingerprint density at radius 2 is 1.86 bits per heavy atom. The smallest absolute Gasteiger partial charge is 0.265 e. The van der Waals surface area contributed by atoms with Crippen molar-refractivity contribution in [2.75, 3.05) is 18.9 Å². The minimum atomic E-state index is -3.80. The van der Waals surface area contributed by atoms with Gasteiger partial charge in [0.2, 0.25) is 0 Å². The van der Waals surface area contributed by atoms with Gasteiger partial charge < -0.3 is 9.47 Å². The number of ether oxygens (including phenoxy) is 2. The lowest BCUT2D eigenvalue weighted by Gasteiger charge is -2.14. The maximum Gasteiger partial charge on any atom is 0.265 e. The van der Waals surface area contributed by atoms with Crippen LogP contribution in [0.4, 0.5) is 5.69 Å². The molecule has 1 heterocycles. The number of aromatic nitrogens is 2. The standard InChI is InChI=1S/C13H16ClN3O4S/c1-8-13(7-15-17(8)2)22(18,19)16-10-5-9(14)11(20-3)6-12(10)21-4/h5-7,16H,1-4H3. The first-order valence-corrected chi connectivity index (χ1v) is 8.09. The number of nitrogens with one attached hydrogen (secondary N) is 1. The van der Waals surface area contributed by atoms with Crippen LogP contribution in [0.1, 0.15) is 5.69 Å². The van der Waals surface area contributed by atoms with Gasteiger partial charge in [-0.25, -0.2) is 8.42 Å². The predicted molar refractivity (Wildman–Crippen MR) is 83.3 cm³/mol. The number of methoxy groups -OCH3 is 2. The van der Waals surface area contributed by atoms with Crippen LogP contribution in [0, 0.1) is 6.92 Å². The fourth-order valence-electron chi connectivity index (χ4n) is 1.88. The molecule has 0 fully saturated rings. The summed E-state index contributed by atoms with van der Waals surface area (Å²) in [4.78, 5) is 0.0870. The molecule has 0 radical (unpaired) electrons. The van der Waals surface area contributed by atoms with Crippen molar-refractivity contribution in [2.24, 2.45) is 7.05 Å². The molecule has 0 bridgehead atoms. The fraction of sp³-hybridized carbons (Fsp3) is 0.308. The lowest BCUT2D eigenvalue weighted by molar-refractivity contribution is 0.396. The monoisotopic (exact) mass is 345 g/mol. The molecule has 1 aromatic carbocycles. The molecule has 0 saturated carbocycles. The highest BCUT2D eigenvalue weighted by Crippen LogP contribution is 2.37. The maximum absolute atomic E-state index is 12.5. The maximum atomic E-state index is 12.5. The molecule has 0 amide bonds. The van der Waals surface area contributed by atoms with Gasteiger partial charge in [0.15, 0.2) is 0 Å². The van der Waals surface area contributed by atoms with Gasteiger partial charge in [-0.2, -0.15) is 5.10 Å². The summed E-state index contributed by atoms with van der Waals surface area (Å²) in [6.45, 7) is 1.67. The van der Waals surface area contributed by atoms with Crippen molar-refractivity contribution in [3.05, 3.63) is 29.0 Å². The quantitative estimate of drug-likeness (QED) is 0.898. The highest BCUT2D eigenvalue weighted by molar-refractivity contribution is 7.92. The SMILES string of the molecule is COc1cc(OC)c(NS(=O)(=O)c2cnn(C)c2C)cc1Cl. The van der Waals surface area contributed by atoms with E-state index in [1.165, 1.54) is 37.2 Å². The van der Waals surface area contributed by atoms with E-state index in [4.69, 9.17) is 21.1 Å². The first-order chi connectivity index (χ1) is 10.3. The summed E-state index contributed by atoms with van der Waals surface area (Å²) in [5.41, 5.74) is 0.739. The van der Waals surface area contributed by atoms with Gasteiger partial charge in [0.05, 0.1) is 36.8 Å². The topological polar surface area (TPSA) is 82.4 Å². The molecule has 120 valence electrons. The Bertz CT molecular complexity index is 802. The fourth-order valence-corrected chi connectivity index (χ4v) is 3.39. The van der Waals surface area contributed by atoms with E-state index in [2.05, 4.69) is 9.82 Å². The molecule has 2 aromatic rings. The van der Waals surface area contributed by atoms with E-state index >= 15 is 0 Å². The van der Waals surface area contributed by atoms with Gasteiger partial charge in [-0.15, -0.1) is 0 Å². The molecule has 1 aromatic heterocycles. The minimum Gasteiger partial charge on any atom is -0.495 e. The zero-order chi connectivity index (χ0) is 16.5. The third-order valence-electron chi connectivity index (χ3n) is 3.20. The Labute approximate surface area is 133 Å². The molecule has 2 rings (SSSR count). The van der Waals surface area contributed by atoms with Gasteiger partial charge in [0.1, 0.15) is 16.4 Å². The number of aryl methyl sites for hydroxylation is 1. The lowest BCUT2D eigenvalue weighted by Crippen LogP contribution is -2.14. The van der Waals surface area contributed by atoms with Crippen molar-refractivity contribution in [1.82, 2.24) is 9.78 Å². The molecule has 0 spiro atoms. The molecular weight excluding hydrogens is 330 g/mol. The van der Waals surface area contributed by atoms with Crippen molar-refractivity contribution in [1.29, 1.82) is 0 Å². The number of anilines is 1. The third-order valence-corrected chi connectivity index (χ3v) is 4.96. The van der Waals surface area contributed by atoms with Crippen LogP contribution < -0.4 is 14.2 Å². The summed E-state index contributed by atoms with van der Waals surface area (Å²) in [6.07, 6.45) is 1.29. The number of benzene rings is 1. The lowest BCUT2D eigenvalue weighted by atomic mass is 10.3. The van der Waals surface area contributed by atoms with E-state index in [-0.39, 0.29) is 15.6 Å². The van der Waals surface area contributed by atoms with Crippen LogP contribution in [0.25, 0.3) is 0 Å². The predicted octanol–water partition coefficient (Wildman–Crippen LogP) is 2.20. The Hall–Kier alpha value is -1.93. The Kier molecular flexibility index (Phi) is 4.52. The minimum absolute atomic E-state index is 0.0870. The van der Waals surface area contributed by atoms with Gasteiger partial charge in [0, 0.05) is 13.1 Å². The van der Waals surface area contributed by atoms with Gasteiger partial charge in [-0.3, -0.25) is 9.40 Å². The van der Waals surface area contributed by atoms with Gasteiger partial charge >= 0.3 is 0 Å². The Morgan fingerprint density at radius 3 is 2.36 bits per heavy atom. The van der Waals surface area contributed by atoms with Crippen LogP contribution in [0.5, 0.6) is 11.5 Å². The molecule has 7 nitrogen and oxygen atoms in total. The average Bonchev–Trinajstić information content (AvgIpc) is 2.79. The molecule has 9 heteroatoms. The highest BCUT2D eigenvalue weighted by Gasteiger charge is 2.22. The van der Waals surface area contributed by atoms with Gasteiger partial charge in [-0.1, -0.05) is 11.6 Å². The third kappa shape index (κ3) is 2.97. The van der Waals surface area contributed by atoms with E-state index in [0.29, 0.717) is 17.2 Å². The number of nitrogens with zero attached hydrogens (tertiary/aromatic N) is 2. The molecule has 1 N–H and O–H groups in total. The molecular formula is C13H16ClN3O4S. The van der Waals surface area contributed by atoms with E-state index in [9.17, 15) is 8.42 Å². The van der Waals surface area contributed by atoms with Crippen LogP contribution in [-0.2, 0) is 17.1 Å². The van der Waals surface area contributed by atoms with Crippen LogP contribution in [0.15, 0.2) is 23.2 Å². The van der Waals surface area contributed by atoms with Crippen LogP contribution >= 0.6 is 11.6 Å². The first-order valence-electron chi connectivity index (χ1n) is 6.23. The second-order valence-electron chi connectivity index (χ2n) is 4.51. The van der Waals surface area contributed by atoms with E-state index in [0.717, 1.165) is 0 Å². The summed E-state index contributed by atoms with van der Waals surface area (Å²) in [6, 6.07) is 2.94. The average molecular weight is 346 g/mol. The normalized spacial score (nSPS) is 11.3. The summed E-state index contributed by atoms with van der Waals surface area (Å²) in [7, 11) is 0.749. The van der Waals surface area contributed by atoms with Crippen LogP contribution in [0.3, 0.4) is 0 Å². The number of hydrogen-bond donors (Lipinski definition) is 1. The zero-order valence-corrected chi connectivity index (χ0v) is 14.1. The number of halogens is 1. The van der Waals surface area contributed by atoms with Crippen LogP contribution in [-0.4, -0.2) is 32.4 Å². The molecule has 0 saturated heterocycles. The van der Waals surface area contributed by atoms with Crippen molar-refractivity contribution >= 4 is 27.3 Å². The molecule has 22 heavy (non-hydrogen) atoms. The number of rotatable bonds is 5. The van der Waals surface area contributed by atoms with Gasteiger partial charge in [0.25, 0.3) is 10.0 Å². The summed E-state index contributed by atoms with van der Waals surface area (Å²) < 4.78 is 39.1. The summed E-state index contributed by atoms with van der Waals surface area (Å²) in [5, 5.41) is 4.20. The molecule has 0 aliphatic rings. The number of hydrogen-bond acceptors (Lipinski definition) is 5. The Morgan fingerprint density at radius 1 is 1.23 bits per heavy atom. The summed E-state index contributed by atoms with van der Waals surface area (Å²) >= 11 is 6.04. The molecule has 0 atom stereocenters. The number of sulfonamides is 1. The van der Waals surface area contributed by atoms with Crippen molar-refractivity contribution in [3.63, 3.8) is 0 Å². The second kappa shape index (κ2) is 6.05. The molecule has 0 aliphatic carbocycles. The molecule has 0 unspecified atom stereocenters. The zero-order valence-electron chi connectivity index (χ0n) is 12.5. The highest BCUT2D eigenvalue weighted by atomic mass is 35.5.